The van der Waals surface area contributed by atoms with Crippen molar-refractivity contribution in [3.63, 3.8) is 0 Å². The number of hydrogen-bond donors (Lipinski definition) is 2. The van der Waals surface area contributed by atoms with Crippen molar-refractivity contribution in [3.05, 3.63) is 113 Å². The lowest BCUT2D eigenvalue weighted by Gasteiger charge is -2.40. The zero-order chi connectivity index (χ0) is 38.3. The van der Waals surface area contributed by atoms with E-state index in [0.29, 0.717) is 31.1 Å². The predicted molar refractivity (Wildman–Crippen MR) is 214 cm³/mol. The molecule has 2 N–H and O–H groups in total. The number of amides is 3. The molecular formula is C45H49N5O6. The van der Waals surface area contributed by atoms with Crippen LogP contribution in [0.4, 0.5) is 11.4 Å². The Morgan fingerprint density at radius 1 is 0.786 bits per heavy atom. The molecule has 5 aliphatic heterocycles. The van der Waals surface area contributed by atoms with Crippen molar-refractivity contribution in [2.24, 2.45) is 5.92 Å². The Balaban J connectivity index is 0.785. The van der Waals surface area contributed by atoms with Gasteiger partial charge in [0.05, 0.1) is 13.7 Å². The SMILES string of the molecule is COc1ccc([C@H]2COc3cc(O)ccc3[C@H]2c2ccc(N3CCC(CN4CCN(c5ccc6c(c5)CN([C@H]5CCC(=O)NC5=O)C6=O)CC4)CC3)cc2)cc1. The molecule has 3 fully saturated rings. The minimum Gasteiger partial charge on any atom is -0.508 e. The molecule has 9 rings (SSSR count). The van der Waals surface area contributed by atoms with E-state index in [1.165, 1.54) is 29.7 Å². The van der Waals surface area contributed by atoms with Gasteiger partial charge in [0.2, 0.25) is 11.8 Å². The molecule has 0 aliphatic carbocycles. The van der Waals surface area contributed by atoms with E-state index in [1.807, 2.05) is 30.3 Å². The summed E-state index contributed by atoms with van der Waals surface area (Å²) in [6, 6.07) is 28.3. The number of piperazine rings is 1. The molecule has 11 nitrogen and oxygen atoms in total. The number of piperidine rings is 2. The van der Waals surface area contributed by atoms with Crippen LogP contribution in [0, 0.1) is 5.92 Å². The number of nitrogens with zero attached hydrogens (tertiary/aromatic N) is 4. The summed E-state index contributed by atoms with van der Waals surface area (Å²) in [4.78, 5) is 46.4. The van der Waals surface area contributed by atoms with Crippen LogP contribution in [0.3, 0.4) is 0 Å². The lowest BCUT2D eigenvalue weighted by atomic mass is 9.76. The third-order valence-corrected chi connectivity index (χ3v) is 12.7. The molecule has 0 bridgehead atoms. The van der Waals surface area contributed by atoms with Crippen molar-refractivity contribution in [3.8, 4) is 17.2 Å². The van der Waals surface area contributed by atoms with Crippen molar-refractivity contribution in [1.29, 1.82) is 0 Å². The lowest BCUT2D eigenvalue weighted by molar-refractivity contribution is -0.136. The molecule has 5 aliphatic rings. The maximum atomic E-state index is 13.2. The summed E-state index contributed by atoms with van der Waals surface area (Å²) in [5.41, 5.74) is 7.52. The van der Waals surface area contributed by atoms with Crippen LogP contribution >= 0.6 is 0 Å². The van der Waals surface area contributed by atoms with Gasteiger partial charge in [-0.05, 0) is 90.4 Å². The van der Waals surface area contributed by atoms with Crippen molar-refractivity contribution in [1.82, 2.24) is 15.1 Å². The highest BCUT2D eigenvalue weighted by molar-refractivity contribution is 6.05. The molecular weight excluding hydrogens is 707 g/mol. The number of rotatable bonds is 8. The molecule has 3 amide bonds. The van der Waals surface area contributed by atoms with Gasteiger partial charge >= 0.3 is 0 Å². The number of fused-ring (bicyclic) bond motifs is 2. The summed E-state index contributed by atoms with van der Waals surface area (Å²) in [5, 5.41) is 12.6. The molecule has 0 radical (unpaired) electrons. The van der Waals surface area contributed by atoms with Gasteiger partial charge in [0, 0.05) is 99.2 Å². The van der Waals surface area contributed by atoms with E-state index in [1.54, 1.807) is 24.1 Å². The van der Waals surface area contributed by atoms with Crippen LogP contribution in [0.15, 0.2) is 84.9 Å². The van der Waals surface area contributed by atoms with Gasteiger partial charge in [-0.25, -0.2) is 0 Å². The van der Waals surface area contributed by atoms with E-state index in [9.17, 15) is 19.5 Å². The van der Waals surface area contributed by atoms with Crippen LogP contribution in [-0.2, 0) is 16.1 Å². The van der Waals surface area contributed by atoms with E-state index < -0.39 is 6.04 Å². The third kappa shape index (κ3) is 7.04. The normalized spacial score (nSPS) is 23.1. The monoisotopic (exact) mass is 755 g/mol. The highest BCUT2D eigenvalue weighted by Gasteiger charge is 2.39. The molecule has 0 saturated carbocycles. The number of anilines is 2. The Hall–Kier alpha value is -5.55. The fraction of sp³-hybridized carbons (Fsp3) is 0.400. The minimum atomic E-state index is -0.593. The quantitative estimate of drug-likeness (QED) is 0.225. The summed E-state index contributed by atoms with van der Waals surface area (Å²) in [5.74, 6) is 1.90. The first kappa shape index (κ1) is 36.1. The second-order valence-corrected chi connectivity index (χ2v) is 15.9. The highest BCUT2D eigenvalue weighted by Crippen LogP contribution is 2.47. The number of methoxy groups -OCH3 is 1. The zero-order valence-corrected chi connectivity index (χ0v) is 31.9. The van der Waals surface area contributed by atoms with Crippen molar-refractivity contribution < 1.29 is 29.0 Å². The number of hydrogen-bond acceptors (Lipinski definition) is 9. The third-order valence-electron chi connectivity index (χ3n) is 12.7. The molecule has 56 heavy (non-hydrogen) atoms. The number of carbonyl (C=O) groups is 3. The van der Waals surface area contributed by atoms with Crippen LogP contribution < -0.4 is 24.6 Å². The van der Waals surface area contributed by atoms with E-state index in [4.69, 9.17) is 9.47 Å². The second kappa shape index (κ2) is 15.2. The molecule has 5 heterocycles. The van der Waals surface area contributed by atoms with Crippen molar-refractivity contribution in [2.45, 2.75) is 50.1 Å². The standard InChI is InChI=1S/C45H49N5O6/c1-55-36-10-4-30(5-11-36)39-28-56-41-25-35(51)9-13-38(41)43(39)31-2-6-33(7-3-31)48-18-16-29(17-19-48)26-47-20-22-49(23-21-47)34-8-12-37-32(24-34)27-50(45(37)54)40-14-15-42(52)46-44(40)53/h2-13,24-25,29,39-40,43,51H,14-23,26-28H2,1H3,(H,46,52,53)/t39-,40+,43-/m1/s1. The van der Waals surface area contributed by atoms with E-state index >= 15 is 0 Å². The number of phenolic OH excluding ortho intramolecular Hbond substituents is 1. The van der Waals surface area contributed by atoms with Gasteiger partial charge in [0.15, 0.2) is 0 Å². The predicted octanol–water partition coefficient (Wildman–Crippen LogP) is 5.51. The van der Waals surface area contributed by atoms with Crippen LogP contribution in [0.2, 0.25) is 0 Å². The molecule has 4 aromatic carbocycles. The second-order valence-electron chi connectivity index (χ2n) is 15.9. The maximum absolute atomic E-state index is 13.2. The largest absolute Gasteiger partial charge is 0.508 e. The average molecular weight is 756 g/mol. The summed E-state index contributed by atoms with van der Waals surface area (Å²) >= 11 is 0. The van der Waals surface area contributed by atoms with Gasteiger partial charge in [-0.3, -0.25) is 24.6 Å². The smallest absolute Gasteiger partial charge is 0.255 e. The topological polar surface area (TPSA) is 115 Å². The van der Waals surface area contributed by atoms with Crippen LogP contribution in [-0.4, -0.2) is 98.2 Å². The van der Waals surface area contributed by atoms with E-state index in [-0.39, 0.29) is 41.7 Å². The molecule has 290 valence electrons. The molecule has 0 aromatic heterocycles. The Morgan fingerprint density at radius 3 is 2.23 bits per heavy atom. The molecule has 0 spiro atoms. The molecule has 3 saturated heterocycles. The number of imide groups is 1. The summed E-state index contributed by atoms with van der Waals surface area (Å²) in [6.45, 7) is 8.02. The minimum absolute atomic E-state index is 0.0928. The fourth-order valence-corrected chi connectivity index (χ4v) is 9.53. The number of aromatic hydroxyl groups is 1. The Bertz CT molecular complexity index is 2110. The molecule has 11 heteroatoms. The van der Waals surface area contributed by atoms with E-state index in [2.05, 4.69) is 62.5 Å². The molecule has 0 unspecified atom stereocenters. The first-order valence-corrected chi connectivity index (χ1v) is 20.0. The average Bonchev–Trinajstić information content (AvgIpc) is 3.55. The first-order chi connectivity index (χ1) is 27.3. The number of nitrogens with one attached hydrogen (secondary N) is 1. The summed E-state index contributed by atoms with van der Waals surface area (Å²) in [6.07, 6.45) is 2.97. The molecule has 4 aromatic rings. The Kier molecular flexibility index (Phi) is 9.79. The van der Waals surface area contributed by atoms with Gasteiger partial charge in [-0.1, -0.05) is 30.3 Å². The Morgan fingerprint density at radius 2 is 1.50 bits per heavy atom. The van der Waals surface area contributed by atoms with Gasteiger partial charge in [-0.2, -0.15) is 0 Å². The lowest BCUT2D eigenvalue weighted by Crippen LogP contribution is -2.52. The Labute approximate surface area is 327 Å². The van der Waals surface area contributed by atoms with Gasteiger partial charge in [0.25, 0.3) is 5.91 Å². The fourth-order valence-electron chi connectivity index (χ4n) is 9.53. The number of phenols is 1. The van der Waals surface area contributed by atoms with Crippen LogP contribution in [0.5, 0.6) is 17.2 Å². The number of ether oxygens (including phenoxy) is 2. The van der Waals surface area contributed by atoms with Crippen molar-refractivity contribution in [2.75, 3.05) is 69.3 Å². The van der Waals surface area contributed by atoms with Gasteiger partial charge < -0.3 is 29.3 Å². The van der Waals surface area contributed by atoms with Crippen LogP contribution in [0.1, 0.15) is 70.1 Å². The first-order valence-electron chi connectivity index (χ1n) is 20.0. The van der Waals surface area contributed by atoms with Gasteiger partial charge in [-0.15, -0.1) is 0 Å². The number of benzene rings is 4. The van der Waals surface area contributed by atoms with Crippen molar-refractivity contribution >= 4 is 29.1 Å². The summed E-state index contributed by atoms with van der Waals surface area (Å²) in [7, 11) is 1.68. The van der Waals surface area contributed by atoms with Gasteiger partial charge in [0.1, 0.15) is 23.3 Å². The van der Waals surface area contributed by atoms with Crippen LogP contribution in [0.25, 0.3) is 0 Å². The number of carbonyl (C=O) groups excluding carboxylic acids is 3. The summed E-state index contributed by atoms with van der Waals surface area (Å²) < 4.78 is 11.6. The molecule has 3 atom stereocenters. The highest BCUT2D eigenvalue weighted by atomic mass is 16.5. The maximum Gasteiger partial charge on any atom is 0.255 e. The zero-order valence-electron chi connectivity index (χ0n) is 31.9. The van der Waals surface area contributed by atoms with E-state index in [0.717, 1.165) is 74.1 Å².